The number of rotatable bonds is 4. The van der Waals surface area contributed by atoms with Gasteiger partial charge < -0.3 is 4.74 Å². The number of ether oxygens (including phenoxy) is 1. The lowest BCUT2D eigenvalue weighted by Gasteiger charge is -2.03. The van der Waals surface area contributed by atoms with Crippen molar-refractivity contribution in [2.45, 2.75) is 32.9 Å². The molecule has 8 heteroatoms. The molecule has 4 heterocycles. The number of nitrogens with zero attached hydrogens (tertiary/aromatic N) is 4. The first-order chi connectivity index (χ1) is 14.1. The molecule has 0 bridgehead atoms. The molecule has 0 atom stereocenters. The monoisotopic (exact) mass is 406 g/mol. The first-order valence-electron chi connectivity index (χ1n) is 9.41. The van der Waals surface area contributed by atoms with Crippen LogP contribution in [0.4, 0.5) is 0 Å². The summed E-state index contributed by atoms with van der Waals surface area (Å²) in [7, 11) is 0. The third-order valence-electron chi connectivity index (χ3n) is 5.12. The highest BCUT2D eigenvalue weighted by Gasteiger charge is 2.24. The highest BCUT2D eigenvalue weighted by molar-refractivity contribution is 7.20. The topological polar surface area (TPSA) is 79.0 Å². The summed E-state index contributed by atoms with van der Waals surface area (Å²) in [6.07, 6.45) is 5.24. The zero-order valence-electron chi connectivity index (χ0n) is 15.8. The molecule has 0 spiro atoms. The van der Waals surface area contributed by atoms with E-state index in [-0.39, 0.29) is 12.2 Å². The van der Waals surface area contributed by atoms with Gasteiger partial charge in [0.2, 0.25) is 0 Å². The van der Waals surface area contributed by atoms with E-state index in [0.29, 0.717) is 27.2 Å². The Bertz CT molecular complexity index is 1290. The van der Waals surface area contributed by atoms with Gasteiger partial charge in [-0.15, -0.1) is 11.3 Å². The molecule has 1 aliphatic rings. The number of aryl methyl sites for hydroxylation is 2. The van der Waals surface area contributed by atoms with E-state index in [1.54, 1.807) is 22.4 Å². The average molecular weight is 406 g/mol. The quantitative estimate of drug-likeness (QED) is 0.486. The minimum absolute atomic E-state index is 0.0561. The number of hydrogen-bond donors (Lipinski definition) is 0. The molecule has 0 N–H and O–H groups in total. The summed E-state index contributed by atoms with van der Waals surface area (Å²) in [5, 5.41) is 4.84. The number of hydrogen-bond acceptors (Lipinski definition) is 6. The number of carbonyl (C=O) groups excluding carboxylic acids is 1. The van der Waals surface area contributed by atoms with Crippen LogP contribution in [-0.2, 0) is 24.3 Å². The van der Waals surface area contributed by atoms with E-state index in [1.807, 2.05) is 36.5 Å². The van der Waals surface area contributed by atoms with Crippen LogP contribution in [0.15, 0.2) is 47.5 Å². The number of fused-ring (bicyclic) bond motifs is 2. The van der Waals surface area contributed by atoms with Crippen molar-refractivity contribution in [3.8, 4) is 5.69 Å². The number of para-hydroxylation sites is 1. The molecule has 146 valence electrons. The molecular formula is C21H18N4O3S. The van der Waals surface area contributed by atoms with Crippen LogP contribution in [0.5, 0.6) is 0 Å². The minimum atomic E-state index is -0.442. The van der Waals surface area contributed by atoms with Gasteiger partial charge in [0, 0.05) is 24.7 Å². The molecule has 0 amide bonds. The lowest BCUT2D eigenvalue weighted by Crippen LogP contribution is -2.20. The molecule has 4 aromatic rings. The van der Waals surface area contributed by atoms with Crippen LogP contribution in [-0.4, -0.2) is 25.3 Å². The van der Waals surface area contributed by atoms with Crippen LogP contribution in [0, 0.1) is 6.92 Å². The summed E-state index contributed by atoms with van der Waals surface area (Å²) in [5.41, 5.74) is 2.32. The van der Waals surface area contributed by atoms with Crippen LogP contribution in [0.1, 0.15) is 33.0 Å². The second-order valence-electron chi connectivity index (χ2n) is 7.03. The zero-order chi connectivity index (χ0) is 20.0. The number of thiophene rings is 1. The standard InChI is InChI=1S/C21H18N4O3S/c1-13-17-19(23-16-8-5-9-24(16)20(17)26)29-18(13)21(27)28-12-14-10-22-25(11-14)15-6-3-2-4-7-15/h2-4,6-7,10-11H,5,8-9,12H2,1H3. The van der Waals surface area contributed by atoms with Crippen LogP contribution in [0.25, 0.3) is 15.9 Å². The summed E-state index contributed by atoms with van der Waals surface area (Å²) in [5.74, 6) is 0.361. The maximum absolute atomic E-state index is 12.8. The first kappa shape index (κ1) is 17.8. The van der Waals surface area contributed by atoms with Gasteiger partial charge in [-0.3, -0.25) is 9.36 Å². The molecule has 0 fully saturated rings. The molecule has 0 saturated heterocycles. The van der Waals surface area contributed by atoms with E-state index in [1.165, 1.54) is 11.3 Å². The van der Waals surface area contributed by atoms with E-state index in [2.05, 4.69) is 10.1 Å². The Morgan fingerprint density at radius 2 is 2.10 bits per heavy atom. The third-order valence-corrected chi connectivity index (χ3v) is 6.29. The van der Waals surface area contributed by atoms with Crippen molar-refractivity contribution in [1.82, 2.24) is 19.3 Å². The van der Waals surface area contributed by atoms with Gasteiger partial charge in [0.05, 0.1) is 17.3 Å². The van der Waals surface area contributed by atoms with Gasteiger partial charge >= 0.3 is 5.97 Å². The van der Waals surface area contributed by atoms with Crippen molar-refractivity contribution in [3.05, 3.63) is 74.9 Å². The number of carbonyl (C=O) groups is 1. The molecule has 1 aliphatic heterocycles. The van der Waals surface area contributed by atoms with E-state index >= 15 is 0 Å². The maximum Gasteiger partial charge on any atom is 0.349 e. The Balaban J connectivity index is 1.37. The average Bonchev–Trinajstić information content (AvgIpc) is 3.46. The van der Waals surface area contributed by atoms with Gasteiger partial charge in [0.15, 0.2) is 0 Å². The second-order valence-corrected chi connectivity index (χ2v) is 8.03. The summed E-state index contributed by atoms with van der Waals surface area (Å²) in [6, 6.07) is 9.72. The lowest BCUT2D eigenvalue weighted by molar-refractivity contribution is 0.0478. The SMILES string of the molecule is Cc1c(C(=O)OCc2cnn(-c3ccccc3)c2)sc2nc3n(c(=O)c12)CCC3. The molecule has 0 unspecified atom stereocenters. The minimum Gasteiger partial charge on any atom is -0.457 e. The fraction of sp³-hybridized carbons (Fsp3) is 0.238. The molecule has 0 saturated carbocycles. The largest absolute Gasteiger partial charge is 0.457 e. The Kier molecular flexibility index (Phi) is 4.28. The fourth-order valence-electron chi connectivity index (χ4n) is 3.64. The molecule has 7 nitrogen and oxygen atoms in total. The van der Waals surface area contributed by atoms with Crippen LogP contribution >= 0.6 is 11.3 Å². The lowest BCUT2D eigenvalue weighted by atomic mass is 10.2. The molecule has 0 radical (unpaired) electrons. The Hall–Kier alpha value is -3.26. The molecule has 0 aliphatic carbocycles. The molecule has 29 heavy (non-hydrogen) atoms. The summed E-state index contributed by atoms with van der Waals surface area (Å²) in [4.78, 5) is 31.1. The Labute approximate surface area is 170 Å². The van der Waals surface area contributed by atoms with Crippen molar-refractivity contribution in [2.75, 3.05) is 0 Å². The Morgan fingerprint density at radius 1 is 1.28 bits per heavy atom. The molecule has 1 aromatic carbocycles. The van der Waals surface area contributed by atoms with Crippen molar-refractivity contribution in [2.24, 2.45) is 0 Å². The first-order valence-corrected chi connectivity index (χ1v) is 10.2. The maximum atomic E-state index is 12.8. The number of esters is 1. The van der Waals surface area contributed by atoms with E-state index < -0.39 is 5.97 Å². The summed E-state index contributed by atoms with van der Waals surface area (Å²) < 4.78 is 8.95. The normalized spacial score (nSPS) is 13.0. The smallest absolute Gasteiger partial charge is 0.349 e. The highest BCUT2D eigenvalue weighted by atomic mass is 32.1. The Morgan fingerprint density at radius 3 is 2.93 bits per heavy atom. The van der Waals surface area contributed by atoms with Crippen LogP contribution < -0.4 is 5.56 Å². The molecule has 5 rings (SSSR count). The van der Waals surface area contributed by atoms with E-state index in [4.69, 9.17) is 4.74 Å². The fourth-order valence-corrected chi connectivity index (χ4v) is 4.73. The highest BCUT2D eigenvalue weighted by Crippen LogP contribution is 2.29. The van der Waals surface area contributed by atoms with Gasteiger partial charge in [0.1, 0.15) is 22.1 Å². The van der Waals surface area contributed by atoms with Gasteiger partial charge in [0.25, 0.3) is 5.56 Å². The van der Waals surface area contributed by atoms with Crippen LogP contribution in [0.3, 0.4) is 0 Å². The van der Waals surface area contributed by atoms with E-state index in [9.17, 15) is 9.59 Å². The van der Waals surface area contributed by atoms with Gasteiger partial charge in [-0.25, -0.2) is 14.5 Å². The van der Waals surface area contributed by atoms with Gasteiger partial charge in [-0.2, -0.15) is 5.10 Å². The predicted octanol–water partition coefficient (Wildman–Crippen LogP) is 3.26. The molecular weight excluding hydrogens is 388 g/mol. The van der Waals surface area contributed by atoms with E-state index in [0.717, 1.165) is 29.9 Å². The van der Waals surface area contributed by atoms with Gasteiger partial charge in [-0.05, 0) is 31.0 Å². The predicted molar refractivity (Wildman–Crippen MR) is 110 cm³/mol. The number of benzene rings is 1. The summed E-state index contributed by atoms with van der Waals surface area (Å²) in [6.45, 7) is 2.59. The van der Waals surface area contributed by atoms with Crippen molar-refractivity contribution in [3.63, 3.8) is 0 Å². The zero-order valence-corrected chi connectivity index (χ0v) is 16.6. The van der Waals surface area contributed by atoms with Crippen molar-refractivity contribution >= 4 is 27.5 Å². The summed E-state index contributed by atoms with van der Waals surface area (Å²) >= 11 is 1.23. The number of aromatic nitrogens is 4. The second kappa shape index (κ2) is 6.97. The van der Waals surface area contributed by atoms with Gasteiger partial charge in [-0.1, -0.05) is 18.2 Å². The molecule has 3 aromatic heterocycles. The van der Waals surface area contributed by atoms with Crippen LogP contribution in [0.2, 0.25) is 0 Å². The third kappa shape index (κ3) is 3.05. The van der Waals surface area contributed by atoms with Crippen molar-refractivity contribution in [1.29, 1.82) is 0 Å². The van der Waals surface area contributed by atoms with Crippen molar-refractivity contribution < 1.29 is 9.53 Å².